The monoisotopic (exact) mass is 371 g/mol. The number of carbonyl (C=O) groups excluding carboxylic acids is 1. The van der Waals surface area contributed by atoms with Gasteiger partial charge in [-0.15, -0.1) is 0 Å². The topological polar surface area (TPSA) is 74.5 Å². The van der Waals surface area contributed by atoms with Crippen LogP contribution in [0.3, 0.4) is 0 Å². The van der Waals surface area contributed by atoms with Crippen LogP contribution < -0.4 is 10.2 Å². The maximum Gasteiger partial charge on any atom is 0.277 e. The highest BCUT2D eigenvalue weighted by atomic mass is 79.9. The number of amides is 1. The fourth-order valence-corrected chi connectivity index (χ4v) is 2.18. The zero-order valence-electron chi connectivity index (χ0n) is 12.4. The van der Waals surface area contributed by atoms with Gasteiger partial charge in [-0.2, -0.15) is 10.4 Å². The van der Waals surface area contributed by atoms with E-state index in [-0.39, 0.29) is 6.61 Å². The number of hydrazone groups is 1. The summed E-state index contributed by atoms with van der Waals surface area (Å²) in [6, 6.07) is 16.4. The molecule has 0 unspecified atom stereocenters. The molecule has 0 radical (unpaired) electrons. The Balaban J connectivity index is 1.92. The average Bonchev–Trinajstić information content (AvgIpc) is 2.58. The van der Waals surface area contributed by atoms with E-state index in [1.807, 2.05) is 30.3 Å². The number of halogens is 1. The molecule has 2 aromatic carbocycles. The minimum absolute atomic E-state index is 0.214. The predicted molar refractivity (Wildman–Crippen MR) is 91.1 cm³/mol. The molecular formula is C17H14BrN3O2. The van der Waals surface area contributed by atoms with E-state index in [1.54, 1.807) is 31.2 Å². The second kappa shape index (κ2) is 8.11. The van der Waals surface area contributed by atoms with Crippen LogP contribution in [0.5, 0.6) is 5.75 Å². The van der Waals surface area contributed by atoms with Gasteiger partial charge in [-0.3, -0.25) is 4.79 Å². The fraction of sp³-hybridized carbons (Fsp3) is 0.118. The van der Waals surface area contributed by atoms with E-state index in [1.165, 1.54) is 0 Å². The molecule has 2 rings (SSSR count). The van der Waals surface area contributed by atoms with Gasteiger partial charge in [0.2, 0.25) is 0 Å². The molecule has 0 aliphatic carbocycles. The average molecular weight is 372 g/mol. The molecule has 0 aromatic heterocycles. The van der Waals surface area contributed by atoms with Crippen molar-refractivity contribution in [2.75, 3.05) is 6.61 Å². The highest BCUT2D eigenvalue weighted by Gasteiger charge is 2.06. The Kier molecular flexibility index (Phi) is 5.89. The molecule has 0 atom stereocenters. The second-order valence-electron chi connectivity index (χ2n) is 4.64. The number of nitriles is 1. The van der Waals surface area contributed by atoms with E-state index >= 15 is 0 Å². The van der Waals surface area contributed by atoms with Crippen molar-refractivity contribution < 1.29 is 9.53 Å². The van der Waals surface area contributed by atoms with Gasteiger partial charge in [0.25, 0.3) is 5.91 Å². The first kappa shape index (κ1) is 16.7. The maximum absolute atomic E-state index is 11.8. The molecule has 0 spiro atoms. The van der Waals surface area contributed by atoms with Crippen molar-refractivity contribution in [2.45, 2.75) is 6.92 Å². The Morgan fingerprint density at radius 2 is 2.09 bits per heavy atom. The van der Waals surface area contributed by atoms with Gasteiger partial charge >= 0.3 is 0 Å². The third-order valence-corrected chi connectivity index (χ3v) is 3.45. The van der Waals surface area contributed by atoms with E-state index in [4.69, 9.17) is 10.00 Å². The third kappa shape index (κ3) is 4.94. The Morgan fingerprint density at radius 1 is 1.30 bits per heavy atom. The van der Waals surface area contributed by atoms with Gasteiger partial charge in [0.05, 0.1) is 11.3 Å². The summed E-state index contributed by atoms with van der Waals surface area (Å²) in [5, 5.41) is 13.0. The lowest BCUT2D eigenvalue weighted by Crippen LogP contribution is -2.25. The Bertz CT molecular complexity index is 781. The summed E-state index contributed by atoms with van der Waals surface area (Å²) in [7, 11) is 0. The molecule has 0 aliphatic heterocycles. The van der Waals surface area contributed by atoms with E-state index in [9.17, 15) is 4.79 Å². The maximum atomic E-state index is 11.8. The Morgan fingerprint density at radius 3 is 2.83 bits per heavy atom. The lowest BCUT2D eigenvalue weighted by Gasteiger charge is -2.07. The molecule has 116 valence electrons. The van der Waals surface area contributed by atoms with Gasteiger partial charge in [0.1, 0.15) is 11.8 Å². The normalized spacial score (nSPS) is 10.7. The summed E-state index contributed by atoms with van der Waals surface area (Å²) < 4.78 is 6.27. The lowest BCUT2D eigenvalue weighted by atomic mass is 10.1. The first-order valence-corrected chi connectivity index (χ1v) is 7.60. The Hall–Kier alpha value is -2.65. The van der Waals surface area contributed by atoms with Crippen LogP contribution in [0.4, 0.5) is 0 Å². The molecule has 5 nitrogen and oxygen atoms in total. The summed E-state index contributed by atoms with van der Waals surface area (Å²) in [5.74, 6) is -0.0232. The summed E-state index contributed by atoms with van der Waals surface area (Å²) >= 11 is 3.39. The van der Waals surface area contributed by atoms with Crippen molar-refractivity contribution in [3.05, 3.63) is 64.1 Å². The number of rotatable bonds is 5. The third-order valence-electron chi connectivity index (χ3n) is 2.96. The predicted octanol–water partition coefficient (Wildman–Crippen LogP) is 3.24. The molecule has 2 aromatic rings. The molecule has 1 amide bonds. The number of hydrogen-bond acceptors (Lipinski definition) is 4. The van der Waals surface area contributed by atoms with E-state index < -0.39 is 5.91 Å². The highest BCUT2D eigenvalue weighted by molar-refractivity contribution is 9.10. The number of hydrogen-bond donors (Lipinski definition) is 1. The van der Waals surface area contributed by atoms with Crippen LogP contribution in [0.2, 0.25) is 0 Å². The lowest BCUT2D eigenvalue weighted by molar-refractivity contribution is -0.123. The number of benzene rings is 2. The first-order valence-electron chi connectivity index (χ1n) is 6.81. The van der Waals surface area contributed by atoms with Crippen molar-refractivity contribution >= 4 is 27.5 Å². The number of para-hydroxylation sites is 1. The molecule has 0 saturated carbocycles. The summed E-state index contributed by atoms with van der Waals surface area (Å²) in [6.07, 6.45) is 0. The largest absolute Gasteiger partial charge is 0.482 e. The van der Waals surface area contributed by atoms with Gasteiger partial charge in [-0.05, 0) is 36.8 Å². The van der Waals surface area contributed by atoms with Gasteiger partial charge in [0.15, 0.2) is 6.61 Å². The molecule has 1 N–H and O–H groups in total. The van der Waals surface area contributed by atoms with Crippen molar-refractivity contribution in [1.82, 2.24) is 5.43 Å². The minimum Gasteiger partial charge on any atom is -0.482 e. The van der Waals surface area contributed by atoms with E-state index in [2.05, 4.69) is 26.5 Å². The zero-order chi connectivity index (χ0) is 16.7. The fourth-order valence-electron chi connectivity index (χ4n) is 1.78. The quantitative estimate of drug-likeness (QED) is 0.647. The van der Waals surface area contributed by atoms with Crippen molar-refractivity contribution in [3.8, 4) is 11.8 Å². The van der Waals surface area contributed by atoms with Gasteiger partial charge < -0.3 is 4.74 Å². The van der Waals surface area contributed by atoms with E-state index in [0.29, 0.717) is 17.0 Å². The van der Waals surface area contributed by atoms with Crippen LogP contribution in [-0.2, 0) is 4.79 Å². The summed E-state index contributed by atoms with van der Waals surface area (Å²) in [5.41, 5.74) is 4.39. The summed E-state index contributed by atoms with van der Waals surface area (Å²) in [4.78, 5) is 11.8. The number of ether oxygens (including phenoxy) is 1. The van der Waals surface area contributed by atoms with Gasteiger partial charge in [0, 0.05) is 4.47 Å². The van der Waals surface area contributed by atoms with Crippen molar-refractivity contribution in [3.63, 3.8) is 0 Å². The minimum atomic E-state index is -0.396. The number of nitrogens with zero attached hydrogens (tertiary/aromatic N) is 2. The molecule has 0 saturated heterocycles. The number of nitrogens with one attached hydrogen (secondary N) is 1. The van der Waals surface area contributed by atoms with Crippen molar-refractivity contribution in [2.24, 2.45) is 5.10 Å². The zero-order valence-corrected chi connectivity index (χ0v) is 14.0. The SMILES string of the molecule is C/C(=N/NC(=O)COc1ccccc1C#N)c1cccc(Br)c1. The molecule has 23 heavy (non-hydrogen) atoms. The van der Waals surface area contributed by atoms with Gasteiger partial charge in [-0.1, -0.05) is 40.2 Å². The van der Waals surface area contributed by atoms with E-state index in [0.717, 1.165) is 10.0 Å². The molecule has 0 heterocycles. The molecule has 0 fully saturated rings. The van der Waals surface area contributed by atoms with Gasteiger partial charge in [-0.25, -0.2) is 5.43 Å². The Labute approximate surface area is 142 Å². The first-order chi connectivity index (χ1) is 11.1. The molecule has 0 aliphatic rings. The van der Waals surface area contributed by atoms with Crippen LogP contribution in [0.15, 0.2) is 58.1 Å². The smallest absolute Gasteiger partial charge is 0.277 e. The van der Waals surface area contributed by atoms with Crippen LogP contribution in [0.25, 0.3) is 0 Å². The standard InChI is InChI=1S/C17H14BrN3O2/c1-12(13-6-4-7-15(18)9-13)20-21-17(22)11-23-16-8-3-2-5-14(16)10-19/h2-9H,11H2,1H3,(H,21,22)/b20-12-. The van der Waals surface area contributed by atoms with Crippen LogP contribution in [0, 0.1) is 11.3 Å². The second-order valence-corrected chi connectivity index (χ2v) is 5.55. The van der Waals surface area contributed by atoms with Crippen molar-refractivity contribution in [1.29, 1.82) is 5.26 Å². The molecule has 0 bridgehead atoms. The highest BCUT2D eigenvalue weighted by Crippen LogP contribution is 2.16. The molecular weight excluding hydrogens is 358 g/mol. The number of carbonyl (C=O) groups is 1. The van der Waals surface area contributed by atoms with Crippen LogP contribution in [0.1, 0.15) is 18.1 Å². The van der Waals surface area contributed by atoms with Crippen LogP contribution in [-0.4, -0.2) is 18.2 Å². The molecule has 6 heteroatoms. The van der Waals surface area contributed by atoms with Crippen LogP contribution >= 0.6 is 15.9 Å². The summed E-state index contributed by atoms with van der Waals surface area (Å²) in [6.45, 7) is 1.59.